The van der Waals surface area contributed by atoms with Crippen molar-refractivity contribution in [3.05, 3.63) is 23.7 Å². The number of nitrogens with zero attached hydrogens (tertiary/aromatic N) is 1. The molecule has 1 aromatic heterocycles. The highest BCUT2D eigenvalue weighted by Gasteiger charge is 2.33. The van der Waals surface area contributed by atoms with Crippen LogP contribution in [0, 0.1) is 5.41 Å². The van der Waals surface area contributed by atoms with Crippen LogP contribution in [0.1, 0.15) is 56.3 Å². The summed E-state index contributed by atoms with van der Waals surface area (Å²) in [5, 5.41) is 0. The van der Waals surface area contributed by atoms with Crippen LogP contribution in [-0.4, -0.2) is 23.4 Å². The van der Waals surface area contributed by atoms with Gasteiger partial charge in [0.15, 0.2) is 5.76 Å². The van der Waals surface area contributed by atoms with E-state index >= 15 is 0 Å². The number of rotatable bonds is 3. The van der Waals surface area contributed by atoms with Crippen LogP contribution >= 0.6 is 0 Å². The quantitative estimate of drug-likeness (QED) is 0.913. The van der Waals surface area contributed by atoms with Crippen molar-refractivity contribution < 1.29 is 9.21 Å². The molecule has 2 heterocycles. The lowest BCUT2D eigenvalue weighted by atomic mass is 9.87. The number of furan rings is 1. The molecule has 2 N–H and O–H groups in total. The van der Waals surface area contributed by atoms with Crippen LogP contribution in [0.5, 0.6) is 0 Å². The number of likely N-dealkylation sites (tertiary alicyclic amines) is 1. The van der Waals surface area contributed by atoms with E-state index in [2.05, 4.69) is 20.8 Å². The average Bonchev–Trinajstić information content (AvgIpc) is 2.94. The molecule has 106 valence electrons. The average molecular weight is 264 g/mol. The number of nitrogens with two attached hydrogens (primary N) is 1. The minimum atomic E-state index is 0.00597. The summed E-state index contributed by atoms with van der Waals surface area (Å²) < 4.78 is 5.47. The molecule has 0 radical (unpaired) electrons. The van der Waals surface area contributed by atoms with Crippen molar-refractivity contribution in [2.24, 2.45) is 11.1 Å². The van der Waals surface area contributed by atoms with E-state index in [1.54, 1.807) is 12.1 Å². The Morgan fingerprint density at radius 2 is 2.21 bits per heavy atom. The summed E-state index contributed by atoms with van der Waals surface area (Å²) in [5.74, 6) is 1.09. The van der Waals surface area contributed by atoms with E-state index in [1.165, 1.54) is 0 Å². The van der Waals surface area contributed by atoms with Crippen molar-refractivity contribution in [2.75, 3.05) is 6.54 Å². The van der Waals surface area contributed by atoms with Gasteiger partial charge in [-0.25, -0.2) is 0 Å². The molecule has 0 bridgehead atoms. The highest BCUT2D eigenvalue weighted by molar-refractivity contribution is 5.92. The van der Waals surface area contributed by atoms with Crippen LogP contribution in [0.4, 0.5) is 0 Å². The van der Waals surface area contributed by atoms with Crippen LogP contribution in [0.2, 0.25) is 0 Å². The van der Waals surface area contributed by atoms with Crippen molar-refractivity contribution in [1.29, 1.82) is 0 Å². The fourth-order valence-corrected chi connectivity index (χ4v) is 2.77. The summed E-state index contributed by atoms with van der Waals surface area (Å²) in [7, 11) is 0. The Morgan fingerprint density at radius 1 is 1.47 bits per heavy atom. The monoisotopic (exact) mass is 264 g/mol. The highest BCUT2D eigenvalue weighted by Crippen LogP contribution is 2.31. The number of carbonyl (C=O) groups is 1. The maximum Gasteiger partial charge on any atom is 0.289 e. The summed E-state index contributed by atoms with van der Waals surface area (Å²) in [4.78, 5) is 14.4. The van der Waals surface area contributed by atoms with Crippen LogP contribution in [0.3, 0.4) is 0 Å². The third-order valence-corrected chi connectivity index (χ3v) is 3.56. The standard InChI is InChI=1S/C15H24N2O2/c1-15(2,3)9-11-5-4-8-17(11)14(18)13-7-6-12(10-16)19-13/h6-7,11H,4-5,8-10,16H2,1-3H3/t11-/m0/s1. The zero-order valence-corrected chi connectivity index (χ0v) is 12.1. The van der Waals surface area contributed by atoms with Gasteiger partial charge in [-0.3, -0.25) is 4.79 Å². The van der Waals surface area contributed by atoms with Gasteiger partial charge >= 0.3 is 0 Å². The predicted molar refractivity (Wildman–Crippen MR) is 74.7 cm³/mol. The van der Waals surface area contributed by atoms with Gasteiger partial charge in [-0.15, -0.1) is 0 Å². The summed E-state index contributed by atoms with van der Waals surface area (Å²) >= 11 is 0. The van der Waals surface area contributed by atoms with E-state index in [9.17, 15) is 4.79 Å². The molecule has 2 rings (SSSR count). The Balaban J connectivity index is 2.09. The maximum absolute atomic E-state index is 12.5. The fourth-order valence-electron chi connectivity index (χ4n) is 2.77. The molecule has 0 saturated carbocycles. The number of hydrogen-bond acceptors (Lipinski definition) is 3. The van der Waals surface area contributed by atoms with Gasteiger partial charge in [-0.05, 0) is 36.8 Å². The topological polar surface area (TPSA) is 59.5 Å². The lowest BCUT2D eigenvalue weighted by Crippen LogP contribution is -2.37. The molecule has 0 aliphatic carbocycles. The van der Waals surface area contributed by atoms with Crippen molar-refractivity contribution in [3.8, 4) is 0 Å². The Morgan fingerprint density at radius 3 is 2.79 bits per heavy atom. The van der Waals surface area contributed by atoms with E-state index < -0.39 is 0 Å². The van der Waals surface area contributed by atoms with Gasteiger partial charge in [0.25, 0.3) is 5.91 Å². The van der Waals surface area contributed by atoms with Gasteiger partial charge in [0.2, 0.25) is 0 Å². The normalized spacial score (nSPS) is 20.0. The van der Waals surface area contributed by atoms with E-state index in [1.807, 2.05) is 4.90 Å². The molecule has 0 aromatic carbocycles. The lowest BCUT2D eigenvalue weighted by Gasteiger charge is -2.29. The second-order valence-electron chi connectivity index (χ2n) is 6.53. The van der Waals surface area contributed by atoms with Crippen LogP contribution in [-0.2, 0) is 6.54 Å². The molecule has 4 heteroatoms. The maximum atomic E-state index is 12.5. The molecule has 19 heavy (non-hydrogen) atoms. The minimum absolute atomic E-state index is 0.00597. The first-order chi connectivity index (χ1) is 8.90. The van der Waals surface area contributed by atoms with Crippen LogP contribution in [0.25, 0.3) is 0 Å². The fraction of sp³-hybridized carbons (Fsp3) is 0.667. The zero-order chi connectivity index (χ0) is 14.0. The third-order valence-electron chi connectivity index (χ3n) is 3.56. The summed E-state index contributed by atoms with van der Waals surface area (Å²) in [6.45, 7) is 7.81. The van der Waals surface area contributed by atoms with Gasteiger partial charge in [-0.2, -0.15) is 0 Å². The molecule has 1 fully saturated rings. The smallest absolute Gasteiger partial charge is 0.289 e. The van der Waals surface area contributed by atoms with E-state index in [0.29, 0.717) is 24.1 Å². The molecular formula is C15H24N2O2. The largest absolute Gasteiger partial charge is 0.455 e. The first-order valence-corrected chi connectivity index (χ1v) is 7.00. The molecule has 1 atom stereocenters. The Bertz CT molecular complexity index is 445. The third kappa shape index (κ3) is 3.38. The number of amides is 1. The summed E-state index contributed by atoms with van der Waals surface area (Å²) in [6, 6.07) is 3.85. The minimum Gasteiger partial charge on any atom is -0.455 e. The molecule has 0 unspecified atom stereocenters. The lowest BCUT2D eigenvalue weighted by molar-refractivity contribution is 0.0670. The highest BCUT2D eigenvalue weighted by atomic mass is 16.4. The second-order valence-corrected chi connectivity index (χ2v) is 6.53. The summed E-state index contributed by atoms with van der Waals surface area (Å²) in [5.41, 5.74) is 5.74. The first kappa shape index (κ1) is 14.1. The molecule has 1 aliphatic heterocycles. The van der Waals surface area contributed by atoms with E-state index in [0.717, 1.165) is 25.8 Å². The van der Waals surface area contributed by atoms with Gasteiger partial charge < -0.3 is 15.1 Å². The van der Waals surface area contributed by atoms with Gasteiger partial charge in [0.05, 0.1) is 6.54 Å². The number of hydrogen-bond donors (Lipinski definition) is 1. The van der Waals surface area contributed by atoms with Crippen LogP contribution < -0.4 is 5.73 Å². The summed E-state index contributed by atoms with van der Waals surface area (Å²) in [6.07, 6.45) is 3.20. The Kier molecular flexibility index (Phi) is 3.99. The zero-order valence-electron chi connectivity index (χ0n) is 12.1. The molecular weight excluding hydrogens is 240 g/mol. The van der Waals surface area contributed by atoms with E-state index in [-0.39, 0.29) is 11.3 Å². The second kappa shape index (κ2) is 5.37. The van der Waals surface area contributed by atoms with Gasteiger partial charge in [0, 0.05) is 12.6 Å². The van der Waals surface area contributed by atoms with Crippen LogP contribution in [0.15, 0.2) is 16.5 Å². The SMILES string of the molecule is CC(C)(C)C[C@@H]1CCCN1C(=O)c1ccc(CN)o1. The predicted octanol–water partition coefficient (Wildman–Crippen LogP) is 2.78. The van der Waals surface area contributed by atoms with Crippen molar-refractivity contribution in [3.63, 3.8) is 0 Å². The van der Waals surface area contributed by atoms with E-state index in [4.69, 9.17) is 10.2 Å². The molecule has 0 spiro atoms. The molecule has 1 aromatic rings. The van der Waals surface area contributed by atoms with Crippen molar-refractivity contribution >= 4 is 5.91 Å². The number of carbonyl (C=O) groups excluding carboxylic acids is 1. The Hall–Kier alpha value is -1.29. The molecule has 1 saturated heterocycles. The van der Waals surface area contributed by atoms with Gasteiger partial charge in [0.1, 0.15) is 5.76 Å². The van der Waals surface area contributed by atoms with Crippen molar-refractivity contribution in [1.82, 2.24) is 4.90 Å². The first-order valence-electron chi connectivity index (χ1n) is 7.00. The Labute approximate surface area is 114 Å². The van der Waals surface area contributed by atoms with Crippen molar-refractivity contribution in [2.45, 2.75) is 52.6 Å². The van der Waals surface area contributed by atoms with Gasteiger partial charge in [-0.1, -0.05) is 20.8 Å². The molecule has 1 amide bonds. The molecule has 1 aliphatic rings. The molecule has 4 nitrogen and oxygen atoms in total.